The Labute approximate surface area is 149 Å². The van der Waals surface area contributed by atoms with Gasteiger partial charge in [-0.25, -0.2) is 9.59 Å². The van der Waals surface area contributed by atoms with Gasteiger partial charge in [-0.15, -0.1) is 0 Å². The lowest BCUT2D eigenvalue weighted by atomic mass is 9.77. The third kappa shape index (κ3) is 3.04. The molecule has 0 amide bonds. The Bertz CT molecular complexity index is 826. The van der Waals surface area contributed by atoms with Gasteiger partial charge >= 0.3 is 17.5 Å². The number of carboxylic acid groups (broad SMARTS) is 2. The van der Waals surface area contributed by atoms with Gasteiger partial charge in [0.05, 0.1) is 0 Å². The number of hydrogen-bond acceptors (Lipinski definition) is 5. The Morgan fingerprint density at radius 1 is 0.885 bits per heavy atom. The minimum Gasteiger partial charge on any atom is -0.479 e. The van der Waals surface area contributed by atoms with Gasteiger partial charge in [-0.05, 0) is 26.0 Å². The molecule has 0 saturated heterocycles. The van der Waals surface area contributed by atoms with Crippen molar-refractivity contribution < 1.29 is 34.4 Å². The summed E-state index contributed by atoms with van der Waals surface area (Å²) in [5.41, 5.74) is -4.94. The highest BCUT2D eigenvalue weighted by atomic mass is 16.6. The van der Waals surface area contributed by atoms with Crippen molar-refractivity contribution >= 4 is 18.2 Å². The molecule has 2 aromatic rings. The number of carboxylic acids is 2. The summed E-state index contributed by atoms with van der Waals surface area (Å²) >= 11 is 0. The number of aliphatic carboxylic acids is 2. The fourth-order valence-electron chi connectivity index (χ4n) is 2.52. The maximum atomic E-state index is 11.9. The van der Waals surface area contributed by atoms with Gasteiger partial charge in [0, 0.05) is 5.56 Å². The Morgan fingerprint density at radius 3 is 1.73 bits per heavy atom. The number of carbonyl (C=O) groups is 3. The van der Waals surface area contributed by atoms with Crippen molar-refractivity contribution in [2.75, 3.05) is 0 Å². The molecule has 2 unspecified atom stereocenters. The zero-order valence-corrected chi connectivity index (χ0v) is 14.2. The van der Waals surface area contributed by atoms with Crippen LogP contribution in [0, 0.1) is 13.8 Å². The zero-order chi connectivity index (χ0) is 19.5. The first-order chi connectivity index (χ1) is 12.2. The average molecular weight is 358 g/mol. The monoisotopic (exact) mass is 358 g/mol. The highest BCUT2D eigenvalue weighted by Gasteiger charge is 2.65. The van der Waals surface area contributed by atoms with Gasteiger partial charge in [0.15, 0.2) is 6.29 Å². The highest BCUT2D eigenvalue weighted by Crippen LogP contribution is 2.37. The maximum absolute atomic E-state index is 11.9. The summed E-state index contributed by atoms with van der Waals surface area (Å²) in [7, 11) is 0. The molecule has 0 bridgehead atoms. The van der Waals surface area contributed by atoms with E-state index in [1.165, 1.54) is 36.4 Å². The third-order valence-corrected chi connectivity index (χ3v) is 4.10. The molecule has 7 heteroatoms. The molecule has 0 aliphatic heterocycles. The lowest BCUT2D eigenvalue weighted by Gasteiger charge is -2.37. The molecule has 2 atom stereocenters. The van der Waals surface area contributed by atoms with Crippen LogP contribution in [-0.4, -0.2) is 39.1 Å². The smallest absolute Gasteiger partial charge is 0.359 e. The van der Waals surface area contributed by atoms with E-state index < -0.39 is 23.1 Å². The average Bonchev–Trinajstić information content (AvgIpc) is 2.60. The number of aldehydes is 1. The first-order valence-corrected chi connectivity index (χ1v) is 7.65. The molecule has 0 radical (unpaired) electrons. The van der Waals surface area contributed by atoms with Crippen LogP contribution in [0.1, 0.15) is 16.7 Å². The van der Waals surface area contributed by atoms with E-state index in [2.05, 4.69) is 0 Å². The Kier molecular flexibility index (Phi) is 5.13. The van der Waals surface area contributed by atoms with Crippen molar-refractivity contribution in [2.24, 2.45) is 0 Å². The van der Waals surface area contributed by atoms with Crippen molar-refractivity contribution in [3.05, 3.63) is 65.2 Å². The van der Waals surface area contributed by atoms with Crippen LogP contribution < -0.4 is 4.74 Å². The summed E-state index contributed by atoms with van der Waals surface area (Å²) in [6.45, 7) is 3.52. The Morgan fingerprint density at radius 2 is 1.35 bits per heavy atom. The number of aryl methyl sites for hydroxylation is 2. The van der Waals surface area contributed by atoms with E-state index in [4.69, 9.17) is 4.74 Å². The second kappa shape index (κ2) is 6.97. The van der Waals surface area contributed by atoms with E-state index in [0.717, 1.165) is 11.1 Å². The van der Waals surface area contributed by atoms with Crippen LogP contribution in [0.4, 0.5) is 0 Å². The van der Waals surface area contributed by atoms with Gasteiger partial charge in [-0.1, -0.05) is 47.5 Å². The van der Waals surface area contributed by atoms with Gasteiger partial charge < -0.3 is 20.1 Å². The molecule has 0 fully saturated rings. The van der Waals surface area contributed by atoms with Crippen molar-refractivity contribution in [3.8, 4) is 5.75 Å². The first-order valence-electron chi connectivity index (χ1n) is 7.65. The Balaban J connectivity index is 2.69. The van der Waals surface area contributed by atoms with Crippen LogP contribution >= 0.6 is 0 Å². The molecule has 2 rings (SSSR count). The molecule has 0 heterocycles. The van der Waals surface area contributed by atoms with E-state index >= 15 is 0 Å². The largest absolute Gasteiger partial charge is 0.479 e. The molecule has 0 saturated carbocycles. The van der Waals surface area contributed by atoms with Gasteiger partial charge in [0.1, 0.15) is 5.75 Å². The number of carbonyl (C=O) groups excluding carboxylic acids is 1. The zero-order valence-electron chi connectivity index (χ0n) is 14.2. The van der Waals surface area contributed by atoms with Crippen molar-refractivity contribution in [2.45, 2.75) is 25.0 Å². The fraction of sp³-hybridized carbons (Fsp3) is 0.211. The molecular formula is C19H18O7. The van der Waals surface area contributed by atoms with Crippen molar-refractivity contribution in [1.82, 2.24) is 0 Å². The number of benzene rings is 2. The third-order valence-electron chi connectivity index (χ3n) is 4.10. The second-order valence-electron chi connectivity index (χ2n) is 5.96. The number of rotatable bonds is 7. The quantitative estimate of drug-likeness (QED) is 0.508. The molecule has 136 valence electrons. The molecule has 0 aromatic heterocycles. The Hall–Kier alpha value is -3.19. The van der Waals surface area contributed by atoms with E-state index in [1.54, 1.807) is 26.0 Å². The van der Waals surface area contributed by atoms with E-state index in [9.17, 15) is 29.7 Å². The van der Waals surface area contributed by atoms with Gasteiger partial charge in [-0.2, -0.15) is 0 Å². The van der Waals surface area contributed by atoms with Crippen LogP contribution in [0.5, 0.6) is 5.75 Å². The summed E-state index contributed by atoms with van der Waals surface area (Å²) in [5, 5.41) is 30.2. The van der Waals surface area contributed by atoms with Crippen LogP contribution in [0.3, 0.4) is 0 Å². The standard InChI is InChI=1S/C19H18O7/c1-12-3-7-14(8-4-12)19(25,17(23)24)18(11-20,16(21)22)26-15-9-5-13(2)6-10-15/h3-11,25H,1-2H3,(H,21,22)(H,23,24). The molecule has 0 aliphatic carbocycles. The summed E-state index contributed by atoms with van der Waals surface area (Å²) in [5.74, 6) is -3.93. The number of ether oxygens (including phenoxy) is 1. The first kappa shape index (κ1) is 19.1. The fourth-order valence-corrected chi connectivity index (χ4v) is 2.52. The van der Waals surface area contributed by atoms with Gasteiger partial charge in [0.25, 0.3) is 0 Å². The maximum Gasteiger partial charge on any atom is 0.359 e. The highest BCUT2D eigenvalue weighted by molar-refractivity contribution is 6.04. The van der Waals surface area contributed by atoms with Gasteiger partial charge in [-0.3, -0.25) is 4.79 Å². The van der Waals surface area contributed by atoms with Crippen LogP contribution in [0.15, 0.2) is 48.5 Å². The molecule has 2 aromatic carbocycles. The van der Waals surface area contributed by atoms with Crippen LogP contribution in [0.2, 0.25) is 0 Å². The summed E-state index contributed by atoms with van der Waals surface area (Å²) in [6.07, 6.45) is -0.205. The van der Waals surface area contributed by atoms with Crippen molar-refractivity contribution in [3.63, 3.8) is 0 Å². The lowest BCUT2D eigenvalue weighted by molar-refractivity contribution is -0.200. The molecular weight excluding hydrogens is 340 g/mol. The summed E-state index contributed by atoms with van der Waals surface area (Å²) in [4.78, 5) is 35.6. The predicted molar refractivity (Wildman–Crippen MR) is 90.9 cm³/mol. The summed E-state index contributed by atoms with van der Waals surface area (Å²) in [6, 6.07) is 11.4. The minimum absolute atomic E-state index is 0.0723. The molecule has 0 aliphatic rings. The van der Waals surface area contributed by atoms with E-state index in [-0.39, 0.29) is 17.6 Å². The van der Waals surface area contributed by atoms with E-state index in [0.29, 0.717) is 0 Å². The molecule has 0 spiro atoms. The SMILES string of the molecule is Cc1ccc(OC(C=O)(C(=O)O)C(O)(C(=O)O)c2ccc(C)cc2)cc1. The normalized spacial score (nSPS) is 15.3. The van der Waals surface area contributed by atoms with Gasteiger partial charge in [0.2, 0.25) is 5.60 Å². The number of aliphatic hydroxyl groups is 1. The van der Waals surface area contributed by atoms with Crippen LogP contribution in [-0.2, 0) is 20.0 Å². The topological polar surface area (TPSA) is 121 Å². The van der Waals surface area contributed by atoms with Crippen LogP contribution in [0.25, 0.3) is 0 Å². The second-order valence-corrected chi connectivity index (χ2v) is 5.96. The summed E-state index contributed by atoms with van der Waals surface area (Å²) < 4.78 is 5.28. The lowest BCUT2D eigenvalue weighted by Crippen LogP contribution is -2.66. The molecule has 3 N–H and O–H groups in total. The molecule has 7 nitrogen and oxygen atoms in total. The number of hydrogen-bond donors (Lipinski definition) is 3. The molecule has 26 heavy (non-hydrogen) atoms. The van der Waals surface area contributed by atoms with E-state index in [1.807, 2.05) is 0 Å². The minimum atomic E-state index is -3.15. The predicted octanol–water partition coefficient (Wildman–Crippen LogP) is 1.68. The van der Waals surface area contributed by atoms with Crippen molar-refractivity contribution in [1.29, 1.82) is 0 Å².